The lowest BCUT2D eigenvalue weighted by molar-refractivity contribution is 1.11. The summed E-state index contributed by atoms with van der Waals surface area (Å²) >= 11 is 1.59. The molecule has 0 saturated heterocycles. The van der Waals surface area contributed by atoms with Gasteiger partial charge in [-0.15, -0.1) is 11.2 Å². The Kier molecular flexibility index (Phi) is 0.895. The van der Waals surface area contributed by atoms with Crippen LogP contribution in [0.5, 0.6) is 0 Å². The number of aromatic nitrogens is 2. The summed E-state index contributed by atoms with van der Waals surface area (Å²) in [4.78, 5) is 7.82. The molecule has 2 nitrogen and oxygen atoms in total. The molecular weight excluding hydrogens is 132 g/mol. The van der Waals surface area contributed by atoms with Crippen LogP contribution in [0.1, 0.15) is 11.4 Å². The van der Waals surface area contributed by atoms with Crippen molar-refractivity contribution in [2.24, 2.45) is 0 Å². The van der Waals surface area contributed by atoms with Crippen LogP contribution < -0.4 is 0 Å². The first-order valence-corrected chi connectivity index (χ1v) is 3.48. The molecule has 0 atom stereocenters. The molecule has 0 spiro atoms. The van der Waals surface area contributed by atoms with Crippen LogP contribution >= 0.6 is 11.2 Å². The fourth-order valence-electron chi connectivity index (χ4n) is 0.646. The van der Waals surface area contributed by atoms with Crippen LogP contribution in [-0.4, -0.2) is 9.97 Å². The predicted octanol–water partition coefficient (Wildman–Crippen LogP) is 0.631. The minimum absolute atomic E-state index is 0.832. The first-order valence-electron chi connectivity index (χ1n) is 2.49. The molecular formula is C6H2N2S. The zero-order valence-corrected chi connectivity index (χ0v) is 5.33. The van der Waals surface area contributed by atoms with E-state index in [-0.39, 0.29) is 0 Å². The molecule has 0 unspecified atom stereocenters. The SMILES string of the molecule is C1#SCc2nc#cnc21. The standard InChI is InChI=1S/C6H2N2S/c1-2-8-6-4-9-3-5(6)7-1/h3H2. The third kappa shape index (κ3) is 0.655. The van der Waals surface area contributed by atoms with Gasteiger partial charge in [-0.25, -0.2) is 0 Å². The molecule has 0 N–H and O–H groups in total. The second-order valence-corrected chi connectivity index (χ2v) is 2.41. The fraction of sp³-hybridized carbons (Fsp3) is 0.167. The maximum atomic E-state index is 3.93. The molecule has 0 bridgehead atoms. The topological polar surface area (TPSA) is 25.8 Å². The van der Waals surface area contributed by atoms with Gasteiger partial charge in [0.25, 0.3) is 0 Å². The van der Waals surface area contributed by atoms with Gasteiger partial charge in [-0.3, -0.25) is 0 Å². The Hall–Kier alpha value is -1.10. The van der Waals surface area contributed by atoms with E-state index in [4.69, 9.17) is 0 Å². The largest absolute Gasteiger partial charge is 0.197 e. The molecule has 0 aromatic carbocycles. The molecule has 0 saturated carbocycles. The summed E-state index contributed by atoms with van der Waals surface area (Å²) in [5, 5.41) is 2.99. The quantitative estimate of drug-likeness (QED) is 0.520. The predicted molar refractivity (Wildman–Crippen MR) is 34.0 cm³/mol. The van der Waals surface area contributed by atoms with Crippen molar-refractivity contribution in [3.8, 4) is 5.18 Å². The summed E-state index contributed by atoms with van der Waals surface area (Å²) in [6, 6.07) is 0. The van der Waals surface area contributed by atoms with Gasteiger partial charge in [0, 0.05) is 0 Å². The molecule has 1 aliphatic rings. The Balaban J connectivity index is 2.66. The fourth-order valence-corrected chi connectivity index (χ4v) is 1.36. The van der Waals surface area contributed by atoms with Crippen molar-refractivity contribution in [2.45, 2.75) is 5.75 Å². The molecule has 2 heterocycles. The van der Waals surface area contributed by atoms with E-state index in [9.17, 15) is 0 Å². The molecule has 0 aliphatic carbocycles. The van der Waals surface area contributed by atoms with E-state index in [1.54, 1.807) is 11.2 Å². The highest BCUT2D eigenvalue weighted by atomic mass is 32.1. The van der Waals surface area contributed by atoms with Crippen LogP contribution in [0.2, 0.25) is 0 Å². The molecule has 42 valence electrons. The highest BCUT2D eigenvalue weighted by Gasteiger charge is 2.04. The van der Waals surface area contributed by atoms with Crippen LogP contribution in [0.3, 0.4) is 0 Å². The second-order valence-electron chi connectivity index (χ2n) is 1.63. The van der Waals surface area contributed by atoms with Crippen LogP contribution in [-0.2, 0) is 5.75 Å². The summed E-state index contributed by atoms with van der Waals surface area (Å²) in [6.07, 6.45) is 5.08. The monoisotopic (exact) mass is 134 g/mol. The number of nitrogens with zero attached hydrogens (tertiary/aromatic N) is 2. The molecule has 2 rings (SSSR count). The number of fused-ring (bicyclic) bond motifs is 1. The van der Waals surface area contributed by atoms with Crippen molar-refractivity contribution < 1.29 is 0 Å². The third-order valence-corrected chi connectivity index (χ3v) is 1.82. The van der Waals surface area contributed by atoms with Gasteiger partial charge in [0.15, 0.2) is 0 Å². The minimum Gasteiger partial charge on any atom is -0.197 e. The first-order chi connectivity index (χ1) is 4.47. The van der Waals surface area contributed by atoms with Gasteiger partial charge in [0.1, 0.15) is 11.4 Å². The molecule has 1 aromatic heterocycles. The average molecular weight is 134 g/mol. The van der Waals surface area contributed by atoms with Crippen molar-refractivity contribution >= 4 is 11.2 Å². The minimum atomic E-state index is 0.832. The normalized spacial score (nSPS) is 12.0. The lowest BCUT2D eigenvalue weighted by Crippen LogP contribution is -1.87. The Morgan fingerprint density at radius 2 is 2.22 bits per heavy atom. The summed E-state index contributed by atoms with van der Waals surface area (Å²) in [6.45, 7) is 0. The van der Waals surface area contributed by atoms with E-state index in [1.165, 1.54) is 0 Å². The van der Waals surface area contributed by atoms with Crippen LogP contribution in [0.15, 0.2) is 0 Å². The number of hydrogen-bond acceptors (Lipinski definition) is 2. The highest BCUT2D eigenvalue weighted by Crippen LogP contribution is 2.10. The molecule has 3 heteroatoms. The van der Waals surface area contributed by atoms with E-state index < -0.39 is 0 Å². The Labute approximate surface area is 56.6 Å². The molecule has 9 heavy (non-hydrogen) atoms. The van der Waals surface area contributed by atoms with E-state index in [1.807, 2.05) is 0 Å². The first kappa shape index (κ1) is 4.75. The second kappa shape index (κ2) is 1.70. The van der Waals surface area contributed by atoms with Gasteiger partial charge in [-0.05, 0) is 5.18 Å². The van der Waals surface area contributed by atoms with Crippen molar-refractivity contribution in [1.29, 1.82) is 0 Å². The van der Waals surface area contributed by atoms with Gasteiger partial charge in [0.2, 0.25) is 0 Å². The Bertz CT molecular complexity index is 297. The molecule has 1 aliphatic heterocycles. The van der Waals surface area contributed by atoms with Gasteiger partial charge in [0.05, 0.1) is 18.1 Å². The molecule has 0 fully saturated rings. The summed E-state index contributed by atoms with van der Waals surface area (Å²) < 4.78 is 0. The average Bonchev–Trinajstić information content (AvgIpc) is 2.33. The summed E-state index contributed by atoms with van der Waals surface area (Å²) in [5.74, 6) is 0.882. The maximum Gasteiger partial charge on any atom is 0.149 e. The maximum absolute atomic E-state index is 3.93. The smallest absolute Gasteiger partial charge is 0.149 e. The van der Waals surface area contributed by atoms with E-state index in [2.05, 4.69) is 27.5 Å². The van der Waals surface area contributed by atoms with Gasteiger partial charge in [-0.2, -0.15) is 9.97 Å². The van der Waals surface area contributed by atoms with Crippen molar-refractivity contribution in [2.75, 3.05) is 0 Å². The lowest BCUT2D eigenvalue weighted by atomic mass is 10.4. The van der Waals surface area contributed by atoms with Crippen molar-refractivity contribution in [3.05, 3.63) is 23.8 Å². The third-order valence-electron chi connectivity index (χ3n) is 1.06. The zero-order chi connectivity index (χ0) is 6.10. The number of hydrogen-bond donors (Lipinski definition) is 0. The Morgan fingerprint density at radius 3 is 3.11 bits per heavy atom. The van der Waals surface area contributed by atoms with Gasteiger partial charge < -0.3 is 0 Å². The lowest BCUT2D eigenvalue weighted by Gasteiger charge is -1.84. The molecule has 1 aromatic rings. The molecule has 0 radical (unpaired) electrons. The van der Waals surface area contributed by atoms with E-state index in [0.717, 1.165) is 17.1 Å². The van der Waals surface area contributed by atoms with E-state index in [0.29, 0.717) is 0 Å². The summed E-state index contributed by atoms with van der Waals surface area (Å²) in [5.41, 5.74) is 1.80. The van der Waals surface area contributed by atoms with E-state index >= 15 is 0 Å². The van der Waals surface area contributed by atoms with Gasteiger partial charge in [-0.1, -0.05) is 0 Å². The van der Waals surface area contributed by atoms with Crippen LogP contribution in [0.4, 0.5) is 0 Å². The van der Waals surface area contributed by atoms with Crippen LogP contribution in [0.25, 0.3) is 0 Å². The van der Waals surface area contributed by atoms with Crippen molar-refractivity contribution in [3.63, 3.8) is 0 Å². The van der Waals surface area contributed by atoms with Crippen LogP contribution in [0, 0.1) is 17.6 Å². The Morgan fingerprint density at radius 1 is 1.33 bits per heavy atom. The zero-order valence-electron chi connectivity index (χ0n) is 4.51. The van der Waals surface area contributed by atoms with Crippen molar-refractivity contribution in [1.82, 2.24) is 9.97 Å². The highest BCUT2D eigenvalue weighted by molar-refractivity contribution is 7.88. The van der Waals surface area contributed by atoms with Gasteiger partial charge >= 0.3 is 0 Å². The summed E-state index contributed by atoms with van der Waals surface area (Å²) in [7, 11) is 0. The molecule has 0 amide bonds. The number of rotatable bonds is 0.